The Kier molecular flexibility index (Phi) is 3.69. The lowest BCUT2D eigenvalue weighted by Gasteiger charge is -2.08. The molecule has 0 saturated heterocycles. The minimum atomic E-state index is 0.505. The maximum Gasteiger partial charge on any atom is 0.233 e. The molecule has 0 N–H and O–H groups in total. The largest absolute Gasteiger partial charge is 0.438 e. The number of hydrogen-bond donors (Lipinski definition) is 0. The molecule has 0 spiro atoms. The van der Waals surface area contributed by atoms with Gasteiger partial charge in [0.25, 0.3) is 0 Å². The third-order valence-corrected chi connectivity index (χ3v) is 4.15. The van der Waals surface area contributed by atoms with E-state index in [0.29, 0.717) is 5.88 Å². The van der Waals surface area contributed by atoms with Gasteiger partial charge < -0.3 is 4.74 Å². The Bertz CT molecular complexity index is 1050. The first-order chi connectivity index (χ1) is 12.1. The van der Waals surface area contributed by atoms with Crippen LogP contribution in [0, 0.1) is 20.8 Å². The molecule has 4 rings (SSSR count). The second-order valence-corrected chi connectivity index (χ2v) is 6.18. The summed E-state index contributed by atoms with van der Waals surface area (Å²) in [7, 11) is 0. The number of aromatic nitrogens is 4. The molecule has 5 heteroatoms. The molecule has 0 unspecified atom stereocenters. The highest BCUT2D eigenvalue weighted by Crippen LogP contribution is 2.28. The molecule has 0 bridgehead atoms. The highest BCUT2D eigenvalue weighted by Gasteiger charge is 2.14. The summed E-state index contributed by atoms with van der Waals surface area (Å²) >= 11 is 0. The van der Waals surface area contributed by atoms with Crippen molar-refractivity contribution in [2.75, 3.05) is 0 Å². The second kappa shape index (κ2) is 6.02. The van der Waals surface area contributed by atoms with Gasteiger partial charge in [0.05, 0.1) is 11.9 Å². The maximum atomic E-state index is 5.94. The molecule has 25 heavy (non-hydrogen) atoms. The predicted molar refractivity (Wildman–Crippen MR) is 97.4 cm³/mol. The van der Waals surface area contributed by atoms with Gasteiger partial charge in [-0.15, -0.1) is 0 Å². The Morgan fingerprint density at radius 2 is 1.64 bits per heavy atom. The molecule has 0 aliphatic rings. The number of nitrogens with zero attached hydrogens (tertiary/aromatic N) is 4. The van der Waals surface area contributed by atoms with Crippen LogP contribution in [-0.2, 0) is 0 Å². The molecule has 0 atom stereocenters. The lowest BCUT2D eigenvalue weighted by atomic mass is 10.1. The Balaban J connectivity index is 1.79. The van der Waals surface area contributed by atoms with Crippen molar-refractivity contribution in [1.82, 2.24) is 19.7 Å². The maximum absolute atomic E-state index is 5.94. The summed E-state index contributed by atoms with van der Waals surface area (Å²) in [5.74, 6) is 1.25. The SMILES string of the molecule is Cc1ccc(Oc2ncnc3c2cnn3-c2ccc(C)cc2C)cc1. The smallest absolute Gasteiger partial charge is 0.233 e. The van der Waals surface area contributed by atoms with Gasteiger partial charge in [-0.25, -0.2) is 14.6 Å². The van der Waals surface area contributed by atoms with Gasteiger partial charge in [0, 0.05) is 0 Å². The van der Waals surface area contributed by atoms with Crippen LogP contribution in [-0.4, -0.2) is 19.7 Å². The summed E-state index contributed by atoms with van der Waals surface area (Å²) in [4.78, 5) is 8.69. The highest BCUT2D eigenvalue weighted by molar-refractivity contribution is 5.81. The molecule has 0 fully saturated rings. The first-order valence-corrected chi connectivity index (χ1v) is 8.13. The van der Waals surface area contributed by atoms with Crippen molar-refractivity contribution in [3.63, 3.8) is 0 Å². The minimum absolute atomic E-state index is 0.505. The summed E-state index contributed by atoms with van der Waals surface area (Å²) in [5.41, 5.74) is 5.27. The van der Waals surface area contributed by atoms with E-state index in [9.17, 15) is 0 Å². The van der Waals surface area contributed by atoms with Crippen LogP contribution in [0.1, 0.15) is 16.7 Å². The zero-order valence-electron chi connectivity index (χ0n) is 14.4. The standard InChI is InChI=1S/C20H18N4O/c1-13-4-7-16(8-5-13)25-20-17-11-23-24(19(17)21-12-22-20)18-9-6-14(2)10-15(18)3/h4-12H,1-3H3. The van der Waals surface area contributed by atoms with Crippen LogP contribution in [0.5, 0.6) is 11.6 Å². The third-order valence-electron chi connectivity index (χ3n) is 4.15. The third kappa shape index (κ3) is 2.85. The summed E-state index contributed by atoms with van der Waals surface area (Å²) in [6.07, 6.45) is 3.26. The molecule has 2 aromatic carbocycles. The van der Waals surface area contributed by atoms with E-state index in [4.69, 9.17) is 4.74 Å². The van der Waals surface area contributed by atoms with E-state index in [0.717, 1.165) is 28.0 Å². The summed E-state index contributed by atoms with van der Waals surface area (Å²) in [5, 5.41) is 5.29. The first kappa shape index (κ1) is 15.3. The Morgan fingerprint density at radius 3 is 2.40 bits per heavy atom. The summed E-state index contributed by atoms with van der Waals surface area (Å²) < 4.78 is 7.77. The van der Waals surface area contributed by atoms with Crippen molar-refractivity contribution in [2.24, 2.45) is 0 Å². The molecule has 0 amide bonds. The topological polar surface area (TPSA) is 52.8 Å². The molecule has 0 aliphatic heterocycles. The quantitative estimate of drug-likeness (QED) is 0.554. The molecule has 124 valence electrons. The van der Waals surface area contributed by atoms with Crippen LogP contribution in [0.15, 0.2) is 55.0 Å². The minimum Gasteiger partial charge on any atom is -0.438 e. The number of rotatable bonds is 3. The summed E-state index contributed by atoms with van der Waals surface area (Å²) in [6, 6.07) is 14.1. The van der Waals surface area contributed by atoms with E-state index in [1.807, 2.05) is 35.9 Å². The van der Waals surface area contributed by atoms with Crippen LogP contribution in [0.3, 0.4) is 0 Å². The Morgan fingerprint density at radius 1 is 0.880 bits per heavy atom. The fourth-order valence-corrected chi connectivity index (χ4v) is 2.84. The van der Waals surface area contributed by atoms with Gasteiger partial charge in [-0.2, -0.15) is 5.10 Å². The Labute approximate surface area is 145 Å². The van der Waals surface area contributed by atoms with Crippen LogP contribution in [0.2, 0.25) is 0 Å². The zero-order chi connectivity index (χ0) is 17.4. The molecule has 2 aromatic heterocycles. The molecule has 5 nitrogen and oxygen atoms in total. The predicted octanol–water partition coefficient (Wildman–Crippen LogP) is 4.53. The van der Waals surface area contributed by atoms with E-state index < -0.39 is 0 Å². The fraction of sp³-hybridized carbons (Fsp3) is 0.150. The van der Waals surface area contributed by atoms with Crippen LogP contribution >= 0.6 is 0 Å². The van der Waals surface area contributed by atoms with E-state index in [2.05, 4.69) is 47.1 Å². The number of ether oxygens (including phenoxy) is 1. The normalized spacial score (nSPS) is 11.0. The van der Waals surface area contributed by atoms with Crippen LogP contribution < -0.4 is 4.74 Å². The van der Waals surface area contributed by atoms with E-state index in [-0.39, 0.29) is 0 Å². The lowest BCUT2D eigenvalue weighted by Crippen LogP contribution is -2.01. The van der Waals surface area contributed by atoms with Crippen molar-refractivity contribution in [1.29, 1.82) is 0 Å². The first-order valence-electron chi connectivity index (χ1n) is 8.13. The van der Waals surface area contributed by atoms with Gasteiger partial charge in [0.2, 0.25) is 5.88 Å². The monoisotopic (exact) mass is 330 g/mol. The molecule has 0 saturated carbocycles. The van der Waals surface area contributed by atoms with E-state index in [1.54, 1.807) is 6.20 Å². The Hall–Kier alpha value is -3.21. The summed E-state index contributed by atoms with van der Waals surface area (Å²) in [6.45, 7) is 6.19. The average molecular weight is 330 g/mol. The lowest BCUT2D eigenvalue weighted by molar-refractivity contribution is 0.468. The molecule has 2 heterocycles. The van der Waals surface area contributed by atoms with Gasteiger partial charge >= 0.3 is 0 Å². The van der Waals surface area contributed by atoms with Crippen LogP contribution in [0.25, 0.3) is 16.7 Å². The fourth-order valence-electron chi connectivity index (χ4n) is 2.84. The number of aryl methyl sites for hydroxylation is 3. The van der Waals surface area contributed by atoms with Gasteiger partial charge in [-0.3, -0.25) is 0 Å². The molecule has 4 aromatic rings. The number of fused-ring (bicyclic) bond motifs is 1. The van der Waals surface area contributed by atoms with Crippen molar-refractivity contribution in [2.45, 2.75) is 20.8 Å². The van der Waals surface area contributed by atoms with E-state index in [1.165, 1.54) is 17.5 Å². The van der Waals surface area contributed by atoms with Crippen molar-refractivity contribution < 1.29 is 4.74 Å². The van der Waals surface area contributed by atoms with Gasteiger partial charge in [-0.1, -0.05) is 35.4 Å². The van der Waals surface area contributed by atoms with Gasteiger partial charge in [0.1, 0.15) is 17.5 Å². The van der Waals surface area contributed by atoms with Crippen LogP contribution in [0.4, 0.5) is 0 Å². The van der Waals surface area contributed by atoms with Gasteiger partial charge in [0.15, 0.2) is 5.65 Å². The molecular weight excluding hydrogens is 312 g/mol. The van der Waals surface area contributed by atoms with E-state index >= 15 is 0 Å². The molecule has 0 radical (unpaired) electrons. The van der Waals surface area contributed by atoms with Crippen molar-refractivity contribution in [3.05, 3.63) is 71.7 Å². The molecule has 0 aliphatic carbocycles. The zero-order valence-corrected chi connectivity index (χ0v) is 14.4. The average Bonchev–Trinajstić information content (AvgIpc) is 3.02. The highest BCUT2D eigenvalue weighted by atomic mass is 16.5. The van der Waals surface area contributed by atoms with Crippen molar-refractivity contribution in [3.8, 4) is 17.3 Å². The second-order valence-electron chi connectivity index (χ2n) is 6.18. The number of hydrogen-bond acceptors (Lipinski definition) is 4. The van der Waals surface area contributed by atoms with Gasteiger partial charge in [-0.05, 0) is 44.5 Å². The number of benzene rings is 2. The van der Waals surface area contributed by atoms with Crippen molar-refractivity contribution >= 4 is 11.0 Å². The molecular formula is C20H18N4O.